The van der Waals surface area contributed by atoms with Crippen LogP contribution in [0.3, 0.4) is 0 Å². The second-order valence-corrected chi connectivity index (χ2v) is 8.95. The zero-order valence-electron chi connectivity index (χ0n) is 14.2. The molecule has 0 aliphatic heterocycles. The van der Waals surface area contributed by atoms with E-state index in [1.54, 1.807) is 23.9 Å². The van der Waals surface area contributed by atoms with Gasteiger partial charge in [-0.25, -0.2) is 0 Å². The molecule has 7 heteroatoms. The average Bonchev–Trinajstić information content (AvgIpc) is 3.05. The molecule has 5 nitrogen and oxygen atoms in total. The Kier molecular flexibility index (Phi) is 5.25. The summed E-state index contributed by atoms with van der Waals surface area (Å²) in [7, 11) is 0. The maximum absolute atomic E-state index is 10.8. The predicted octanol–water partition coefficient (Wildman–Crippen LogP) is 3.19. The fourth-order valence-electron chi connectivity index (χ4n) is 2.63. The van der Waals surface area contributed by atoms with Gasteiger partial charge < -0.3 is 0 Å². The number of hydrogen-bond donors (Lipinski definition) is 0. The summed E-state index contributed by atoms with van der Waals surface area (Å²) >= 11 is 1.69. The summed E-state index contributed by atoms with van der Waals surface area (Å²) in [5.74, 6) is 0.860. The second-order valence-electron chi connectivity index (χ2n) is 5.78. The van der Waals surface area contributed by atoms with E-state index in [0.717, 1.165) is 25.5 Å². The number of imidazole rings is 1. The number of nitro groups is 1. The van der Waals surface area contributed by atoms with Gasteiger partial charge in [0.1, 0.15) is 0 Å². The second kappa shape index (κ2) is 7.96. The quantitative estimate of drug-likeness (QED) is 0.200. The Balaban J connectivity index is 1.60. The van der Waals surface area contributed by atoms with Crippen LogP contribution in [0.1, 0.15) is 5.56 Å². The van der Waals surface area contributed by atoms with Crippen molar-refractivity contribution in [1.82, 2.24) is 9.38 Å². The Hall–Kier alpha value is -2.60. The van der Waals surface area contributed by atoms with Crippen LogP contribution >= 0.6 is 11.8 Å². The van der Waals surface area contributed by atoms with Crippen molar-refractivity contribution in [3.05, 3.63) is 94.7 Å². The first-order valence-corrected chi connectivity index (χ1v) is 11.0. The number of nitro benzene ring substituents is 1. The van der Waals surface area contributed by atoms with Crippen molar-refractivity contribution in [1.29, 1.82) is 0 Å². The van der Waals surface area contributed by atoms with Crippen molar-refractivity contribution < 1.29 is 4.92 Å². The molecule has 0 saturated carbocycles. The molecule has 4 rings (SSSR count). The number of pyridine rings is 1. The number of fused-ring (bicyclic) bond motifs is 1. The summed E-state index contributed by atoms with van der Waals surface area (Å²) in [5.41, 5.74) is 2.47. The number of nitrogens with zero attached hydrogens (tertiary/aromatic N) is 3. The molecule has 0 unspecified atom stereocenters. The van der Waals surface area contributed by atoms with Gasteiger partial charge in [-0.05, 0) is 0 Å². The van der Waals surface area contributed by atoms with Gasteiger partial charge in [0.15, 0.2) is 0 Å². The third kappa shape index (κ3) is 4.06. The zero-order chi connectivity index (χ0) is 18.6. The van der Waals surface area contributed by atoms with Crippen LogP contribution in [-0.4, -0.2) is 29.3 Å². The molecule has 4 aromatic rings. The van der Waals surface area contributed by atoms with Crippen LogP contribution in [0, 0.1) is 10.1 Å². The first kappa shape index (κ1) is 17.8. The molecule has 0 spiro atoms. The van der Waals surface area contributed by atoms with Crippen LogP contribution in [0.15, 0.2) is 84.1 Å². The van der Waals surface area contributed by atoms with Gasteiger partial charge in [0.25, 0.3) is 0 Å². The standard InChI is InChI=1S/C20H15N3O2SSe/c24-23(25)16-9-11-17(12-10-16)27-19-18-8-4-5-13-22(18)20(21-19)26-14-15-6-2-1-3-7-15/h1-13H,14H2. The number of thioether (sulfide) groups is 1. The van der Waals surface area contributed by atoms with Gasteiger partial charge in [-0.3, -0.25) is 0 Å². The average molecular weight is 440 g/mol. The van der Waals surface area contributed by atoms with Crippen LogP contribution in [0.25, 0.3) is 5.52 Å². The molecular weight excluding hydrogens is 425 g/mol. The number of aromatic nitrogens is 2. The van der Waals surface area contributed by atoms with E-state index in [1.165, 1.54) is 5.56 Å². The SMILES string of the molecule is O=[N+]([O-])c1ccc([Se]c2nc(SCc3ccccc3)n3ccccc23)cc1. The Labute approximate surface area is 166 Å². The normalized spacial score (nSPS) is 11.0. The van der Waals surface area contributed by atoms with E-state index in [-0.39, 0.29) is 25.6 Å². The van der Waals surface area contributed by atoms with Crippen LogP contribution < -0.4 is 9.05 Å². The molecule has 0 fully saturated rings. The molecule has 0 saturated heterocycles. The molecule has 0 atom stereocenters. The Morgan fingerprint density at radius 3 is 2.48 bits per heavy atom. The first-order chi connectivity index (χ1) is 13.2. The van der Waals surface area contributed by atoms with Crippen molar-refractivity contribution in [2.45, 2.75) is 10.9 Å². The molecule has 0 aliphatic carbocycles. The number of benzene rings is 2. The summed E-state index contributed by atoms with van der Waals surface area (Å²) < 4.78 is 4.22. The van der Waals surface area contributed by atoms with Crippen molar-refractivity contribution in [3.8, 4) is 0 Å². The van der Waals surface area contributed by atoms with E-state index in [2.05, 4.69) is 22.6 Å². The molecule has 27 heavy (non-hydrogen) atoms. The molecule has 0 amide bonds. The maximum atomic E-state index is 10.8. The van der Waals surface area contributed by atoms with Crippen LogP contribution in [-0.2, 0) is 5.75 Å². The van der Waals surface area contributed by atoms with Crippen molar-refractivity contribution in [3.63, 3.8) is 0 Å². The minimum absolute atomic E-state index is 0.0205. The topological polar surface area (TPSA) is 60.4 Å². The Morgan fingerprint density at radius 2 is 1.74 bits per heavy atom. The van der Waals surface area contributed by atoms with Crippen LogP contribution in [0.2, 0.25) is 0 Å². The summed E-state index contributed by atoms with van der Waals surface area (Å²) in [6.45, 7) is 0. The van der Waals surface area contributed by atoms with E-state index < -0.39 is 0 Å². The molecular formula is C20H15N3O2SSe. The molecule has 0 aliphatic rings. The van der Waals surface area contributed by atoms with E-state index in [9.17, 15) is 10.1 Å². The van der Waals surface area contributed by atoms with E-state index in [1.807, 2.05) is 48.7 Å². The third-order valence-corrected chi connectivity index (χ3v) is 7.08. The third-order valence-electron chi connectivity index (χ3n) is 3.96. The van der Waals surface area contributed by atoms with Crippen molar-refractivity contribution >= 4 is 47.0 Å². The Morgan fingerprint density at radius 1 is 1.00 bits per heavy atom. The van der Waals surface area contributed by atoms with E-state index in [0.29, 0.717) is 0 Å². The van der Waals surface area contributed by atoms with Gasteiger partial charge in [-0.2, -0.15) is 0 Å². The minimum atomic E-state index is -0.374. The fourth-order valence-corrected chi connectivity index (χ4v) is 5.59. The number of rotatable bonds is 6. The molecule has 0 N–H and O–H groups in total. The van der Waals surface area contributed by atoms with Crippen LogP contribution in [0.5, 0.6) is 0 Å². The summed E-state index contributed by atoms with van der Waals surface area (Å²) in [4.78, 5) is 15.3. The predicted molar refractivity (Wildman–Crippen MR) is 109 cm³/mol. The summed E-state index contributed by atoms with van der Waals surface area (Å²) in [5, 5.41) is 11.8. The molecule has 2 heterocycles. The van der Waals surface area contributed by atoms with Gasteiger partial charge >= 0.3 is 167 Å². The monoisotopic (exact) mass is 441 g/mol. The van der Waals surface area contributed by atoms with Gasteiger partial charge in [0, 0.05) is 0 Å². The van der Waals surface area contributed by atoms with E-state index >= 15 is 0 Å². The van der Waals surface area contributed by atoms with Crippen molar-refractivity contribution in [2.75, 3.05) is 0 Å². The molecule has 2 aromatic heterocycles. The van der Waals surface area contributed by atoms with Gasteiger partial charge in [0.2, 0.25) is 0 Å². The number of hydrogen-bond acceptors (Lipinski definition) is 4. The van der Waals surface area contributed by atoms with Crippen molar-refractivity contribution in [2.24, 2.45) is 0 Å². The fraction of sp³-hybridized carbons (Fsp3) is 0.0500. The van der Waals surface area contributed by atoms with Gasteiger partial charge in [-0.1, -0.05) is 0 Å². The first-order valence-electron chi connectivity index (χ1n) is 8.27. The summed E-state index contributed by atoms with van der Waals surface area (Å²) in [6.07, 6.45) is 2.03. The molecule has 134 valence electrons. The van der Waals surface area contributed by atoms with Crippen LogP contribution in [0.4, 0.5) is 5.69 Å². The molecule has 2 aromatic carbocycles. The Bertz CT molecular complexity index is 1080. The number of non-ortho nitro benzene ring substituents is 1. The van der Waals surface area contributed by atoms with Gasteiger partial charge in [-0.15, -0.1) is 0 Å². The molecule has 0 bridgehead atoms. The van der Waals surface area contributed by atoms with Gasteiger partial charge in [0.05, 0.1) is 0 Å². The summed E-state index contributed by atoms with van der Waals surface area (Å²) in [6, 6.07) is 23.2. The molecule has 0 radical (unpaired) electrons. The zero-order valence-corrected chi connectivity index (χ0v) is 16.7. The van der Waals surface area contributed by atoms with E-state index in [4.69, 9.17) is 4.98 Å².